The molecule has 0 spiro atoms. The van der Waals surface area contributed by atoms with Crippen molar-refractivity contribution in [2.45, 2.75) is 52.6 Å². The van der Waals surface area contributed by atoms with Gasteiger partial charge in [-0.1, -0.05) is 20.8 Å². The van der Waals surface area contributed by atoms with E-state index >= 15 is 0 Å². The van der Waals surface area contributed by atoms with E-state index in [9.17, 15) is 4.79 Å². The van der Waals surface area contributed by atoms with Crippen LogP contribution in [-0.4, -0.2) is 42.5 Å². The lowest BCUT2D eigenvalue weighted by Gasteiger charge is -2.35. The molecule has 1 heterocycles. The number of nitrogens with one attached hydrogen (secondary N) is 1. The summed E-state index contributed by atoms with van der Waals surface area (Å²) in [5, 5.41) is 2.97. The van der Waals surface area contributed by atoms with Crippen molar-refractivity contribution in [1.82, 2.24) is 10.2 Å². The van der Waals surface area contributed by atoms with Gasteiger partial charge in [0.2, 0.25) is 5.91 Å². The lowest BCUT2D eigenvalue weighted by atomic mass is 9.98. The van der Waals surface area contributed by atoms with Crippen LogP contribution in [0.5, 0.6) is 0 Å². The van der Waals surface area contributed by atoms with E-state index in [4.69, 9.17) is 5.73 Å². The van der Waals surface area contributed by atoms with Crippen LogP contribution in [0.15, 0.2) is 0 Å². The molecule has 1 unspecified atom stereocenters. The molecule has 0 aromatic carbocycles. The summed E-state index contributed by atoms with van der Waals surface area (Å²) >= 11 is 0. The van der Waals surface area contributed by atoms with E-state index in [0.29, 0.717) is 12.6 Å². The van der Waals surface area contributed by atoms with Gasteiger partial charge in [0.05, 0.1) is 6.04 Å². The van der Waals surface area contributed by atoms with Gasteiger partial charge in [0.25, 0.3) is 0 Å². The molecule has 114 valence electrons. The molecule has 1 aliphatic heterocycles. The Morgan fingerprint density at radius 1 is 1.32 bits per heavy atom. The quantitative estimate of drug-likeness (QED) is 0.809. The molecule has 19 heavy (non-hydrogen) atoms. The molecule has 1 saturated heterocycles. The summed E-state index contributed by atoms with van der Waals surface area (Å²) in [5.74, 6) is 1.01. The first-order chi connectivity index (χ1) is 8.41. The Morgan fingerprint density at radius 3 is 2.32 bits per heavy atom. The molecule has 2 atom stereocenters. The molecule has 3 N–H and O–H groups in total. The lowest BCUT2D eigenvalue weighted by Crippen LogP contribution is -2.50. The number of likely N-dealkylation sites (tertiary alicyclic amines) is 1. The van der Waals surface area contributed by atoms with Gasteiger partial charge in [-0.15, -0.1) is 12.4 Å². The first-order valence-corrected chi connectivity index (χ1v) is 7.19. The molecule has 0 aromatic heterocycles. The minimum Gasteiger partial charge on any atom is -0.353 e. The van der Waals surface area contributed by atoms with E-state index in [-0.39, 0.29) is 24.2 Å². The molecular weight excluding hydrogens is 262 g/mol. The molecule has 0 aliphatic carbocycles. The minimum absolute atomic E-state index is 0. The molecule has 5 heteroatoms. The molecule has 4 nitrogen and oxygen atoms in total. The maximum Gasteiger partial charge on any atom is 0.237 e. The molecule has 0 bridgehead atoms. The van der Waals surface area contributed by atoms with Crippen LogP contribution < -0.4 is 11.1 Å². The van der Waals surface area contributed by atoms with Gasteiger partial charge < -0.3 is 11.1 Å². The zero-order valence-electron chi connectivity index (χ0n) is 12.7. The Morgan fingerprint density at radius 2 is 1.84 bits per heavy atom. The predicted octanol–water partition coefficient (Wildman–Crippen LogP) is 1.63. The molecule has 0 saturated carbocycles. The lowest BCUT2D eigenvalue weighted by molar-refractivity contribution is -0.123. The molecule has 1 rings (SSSR count). The van der Waals surface area contributed by atoms with Crippen LogP contribution in [0, 0.1) is 11.8 Å². The standard InChI is InChI=1S/C14H29N3O.ClH/c1-10(2)13(15)14(18)16-9-12(4)17-7-5-11(3)6-8-17;/h10-13H,5-9,15H2,1-4H3,(H,16,18);1H/t12?,13-;/m0./s1. The highest BCUT2D eigenvalue weighted by atomic mass is 35.5. The van der Waals surface area contributed by atoms with Crippen molar-refractivity contribution >= 4 is 18.3 Å². The Hall–Kier alpha value is -0.320. The van der Waals surface area contributed by atoms with E-state index in [1.165, 1.54) is 12.8 Å². The summed E-state index contributed by atoms with van der Waals surface area (Å²) in [6, 6.07) is 0.0133. The van der Waals surface area contributed by atoms with Gasteiger partial charge in [-0.25, -0.2) is 0 Å². The van der Waals surface area contributed by atoms with Crippen molar-refractivity contribution in [3.05, 3.63) is 0 Å². The first kappa shape index (κ1) is 18.7. The molecule has 0 radical (unpaired) electrons. The molecule has 1 amide bonds. The number of piperidine rings is 1. The topological polar surface area (TPSA) is 58.4 Å². The summed E-state index contributed by atoms with van der Waals surface area (Å²) < 4.78 is 0. The minimum atomic E-state index is -0.390. The third kappa shape index (κ3) is 6.11. The van der Waals surface area contributed by atoms with Gasteiger partial charge in [-0.3, -0.25) is 9.69 Å². The van der Waals surface area contributed by atoms with E-state index in [0.717, 1.165) is 19.0 Å². The van der Waals surface area contributed by atoms with Crippen LogP contribution in [0.1, 0.15) is 40.5 Å². The third-order valence-electron chi connectivity index (χ3n) is 4.03. The van der Waals surface area contributed by atoms with Gasteiger partial charge in [0.15, 0.2) is 0 Å². The zero-order valence-corrected chi connectivity index (χ0v) is 13.5. The van der Waals surface area contributed by atoms with Crippen LogP contribution in [0.2, 0.25) is 0 Å². The van der Waals surface area contributed by atoms with E-state index in [1.807, 2.05) is 13.8 Å². The van der Waals surface area contributed by atoms with Crippen molar-refractivity contribution in [2.75, 3.05) is 19.6 Å². The summed E-state index contributed by atoms with van der Waals surface area (Å²) in [7, 11) is 0. The van der Waals surface area contributed by atoms with Crippen LogP contribution in [-0.2, 0) is 4.79 Å². The summed E-state index contributed by atoms with van der Waals surface area (Å²) in [6.07, 6.45) is 2.54. The Bertz CT molecular complexity index is 265. The highest BCUT2D eigenvalue weighted by Gasteiger charge is 2.22. The van der Waals surface area contributed by atoms with Crippen LogP contribution in [0.25, 0.3) is 0 Å². The molecule has 0 aromatic rings. The van der Waals surface area contributed by atoms with Crippen LogP contribution in [0.4, 0.5) is 0 Å². The average molecular weight is 292 g/mol. The second kappa shape index (κ2) is 8.77. The number of hydrogen-bond acceptors (Lipinski definition) is 3. The first-order valence-electron chi connectivity index (χ1n) is 7.19. The zero-order chi connectivity index (χ0) is 13.7. The normalized spacial score (nSPS) is 20.7. The highest BCUT2D eigenvalue weighted by Crippen LogP contribution is 2.17. The largest absolute Gasteiger partial charge is 0.353 e. The SMILES string of the molecule is CC1CCN(C(C)CNC(=O)[C@@H](N)C(C)C)CC1.Cl. The third-order valence-corrected chi connectivity index (χ3v) is 4.03. The maximum absolute atomic E-state index is 11.8. The van der Waals surface area contributed by atoms with E-state index in [1.54, 1.807) is 0 Å². The smallest absolute Gasteiger partial charge is 0.237 e. The van der Waals surface area contributed by atoms with Gasteiger partial charge in [0, 0.05) is 12.6 Å². The Balaban J connectivity index is 0.00000324. The molecular formula is C14H30ClN3O. The van der Waals surface area contributed by atoms with Gasteiger partial charge in [-0.05, 0) is 44.7 Å². The number of amides is 1. The van der Waals surface area contributed by atoms with Gasteiger partial charge >= 0.3 is 0 Å². The monoisotopic (exact) mass is 291 g/mol. The Labute approximate surface area is 123 Å². The summed E-state index contributed by atoms with van der Waals surface area (Å²) in [4.78, 5) is 14.2. The molecule has 1 fully saturated rings. The van der Waals surface area contributed by atoms with Crippen molar-refractivity contribution < 1.29 is 4.79 Å². The number of rotatable bonds is 5. The second-order valence-electron chi connectivity index (χ2n) is 6.08. The summed E-state index contributed by atoms with van der Waals surface area (Å²) in [6.45, 7) is 11.4. The number of hydrogen-bond donors (Lipinski definition) is 2. The summed E-state index contributed by atoms with van der Waals surface area (Å²) in [5.41, 5.74) is 5.82. The number of nitrogens with two attached hydrogens (primary N) is 1. The van der Waals surface area contributed by atoms with Crippen molar-refractivity contribution in [3.63, 3.8) is 0 Å². The van der Waals surface area contributed by atoms with E-state index < -0.39 is 6.04 Å². The average Bonchev–Trinajstić information content (AvgIpc) is 2.35. The fourth-order valence-corrected chi connectivity index (χ4v) is 2.27. The fraction of sp³-hybridized carbons (Fsp3) is 0.929. The van der Waals surface area contributed by atoms with E-state index in [2.05, 4.69) is 24.1 Å². The Kier molecular flexibility index (Phi) is 8.62. The number of carbonyl (C=O) groups is 1. The van der Waals surface area contributed by atoms with Crippen LogP contribution in [0.3, 0.4) is 0 Å². The highest BCUT2D eigenvalue weighted by molar-refractivity contribution is 5.85. The maximum atomic E-state index is 11.8. The van der Waals surface area contributed by atoms with Gasteiger partial charge in [0.1, 0.15) is 0 Å². The number of halogens is 1. The second-order valence-corrected chi connectivity index (χ2v) is 6.08. The van der Waals surface area contributed by atoms with Crippen molar-refractivity contribution in [3.8, 4) is 0 Å². The van der Waals surface area contributed by atoms with Crippen LogP contribution >= 0.6 is 12.4 Å². The number of nitrogens with zero attached hydrogens (tertiary/aromatic N) is 1. The predicted molar refractivity (Wildman–Crippen MR) is 82.5 cm³/mol. The fourth-order valence-electron chi connectivity index (χ4n) is 2.27. The van der Waals surface area contributed by atoms with Gasteiger partial charge in [-0.2, -0.15) is 0 Å². The molecule has 1 aliphatic rings. The van der Waals surface area contributed by atoms with Crippen molar-refractivity contribution in [2.24, 2.45) is 17.6 Å². The number of carbonyl (C=O) groups excluding carboxylic acids is 1. The van der Waals surface area contributed by atoms with Crippen molar-refractivity contribution in [1.29, 1.82) is 0 Å².